The summed E-state index contributed by atoms with van der Waals surface area (Å²) < 4.78 is 5.92. The van der Waals surface area contributed by atoms with Crippen LogP contribution in [-0.2, 0) is 25.9 Å². The maximum absolute atomic E-state index is 13.8. The molecule has 0 amide bonds. The first kappa shape index (κ1) is 25.4. The number of imidazole rings is 1. The first-order valence-electron chi connectivity index (χ1n) is 13.4. The molecule has 5 rings (SSSR count). The Hall–Kier alpha value is -4.27. The number of nitrogens with zero attached hydrogens (tertiary/aromatic N) is 7. The van der Waals surface area contributed by atoms with Gasteiger partial charge in [-0.3, -0.25) is 14.1 Å². The maximum Gasteiger partial charge on any atom is 0.334 e. The van der Waals surface area contributed by atoms with Gasteiger partial charge < -0.3 is 4.57 Å². The highest BCUT2D eigenvalue weighted by molar-refractivity contribution is 5.79. The van der Waals surface area contributed by atoms with E-state index in [1.54, 1.807) is 0 Å². The Balaban J connectivity index is 1.49. The number of aryl methyl sites for hydroxylation is 3. The van der Waals surface area contributed by atoms with Gasteiger partial charge in [0.1, 0.15) is 5.82 Å². The van der Waals surface area contributed by atoms with Crippen molar-refractivity contribution < 1.29 is 0 Å². The van der Waals surface area contributed by atoms with Crippen molar-refractivity contribution in [3.63, 3.8) is 0 Å². The monoisotopic (exact) mass is 510 g/mol. The van der Waals surface area contributed by atoms with Crippen molar-refractivity contribution in [3.05, 3.63) is 88.5 Å². The minimum Gasteiger partial charge on any atom is -0.334 e. The molecule has 1 aromatic carbocycles. The highest BCUT2D eigenvalue weighted by atomic mass is 16.1. The summed E-state index contributed by atoms with van der Waals surface area (Å²) in [5.74, 6) is 1.59. The second-order valence-electron chi connectivity index (χ2n) is 9.51. The minimum absolute atomic E-state index is 0.0177. The number of tetrazole rings is 1. The van der Waals surface area contributed by atoms with Crippen molar-refractivity contribution in [1.82, 2.24) is 39.3 Å². The Morgan fingerprint density at radius 3 is 2.50 bits per heavy atom. The van der Waals surface area contributed by atoms with Gasteiger partial charge in [-0.25, -0.2) is 9.89 Å². The highest BCUT2D eigenvalue weighted by Gasteiger charge is 2.18. The molecule has 196 valence electrons. The van der Waals surface area contributed by atoms with Gasteiger partial charge in [0.2, 0.25) is 0 Å². The van der Waals surface area contributed by atoms with Crippen LogP contribution in [0.2, 0.25) is 0 Å². The van der Waals surface area contributed by atoms with Crippen LogP contribution in [0.5, 0.6) is 0 Å². The number of aromatic nitrogens is 8. The number of pyridine rings is 1. The fourth-order valence-corrected chi connectivity index (χ4v) is 4.96. The predicted molar refractivity (Wildman–Crippen MR) is 148 cm³/mol. The molecule has 0 saturated heterocycles. The summed E-state index contributed by atoms with van der Waals surface area (Å²) in [7, 11) is 0. The van der Waals surface area contributed by atoms with Crippen molar-refractivity contribution in [3.8, 4) is 28.3 Å². The summed E-state index contributed by atoms with van der Waals surface area (Å²) in [6, 6.07) is 14.1. The van der Waals surface area contributed by atoms with Crippen molar-refractivity contribution >= 4 is 0 Å². The zero-order chi connectivity index (χ0) is 26.5. The lowest BCUT2D eigenvalue weighted by atomic mass is 10.0. The summed E-state index contributed by atoms with van der Waals surface area (Å²) in [4.78, 5) is 18.6. The molecule has 0 aliphatic carbocycles. The van der Waals surface area contributed by atoms with Gasteiger partial charge in [0.25, 0.3) is 0 Å². The third-order valence-corrected chi connectivity index (χ3v) is 6.92. The Bertz CT molecular complexity index is 1540. The minimum atomic E-state index is -0.0177. The quantitative estimate of drug-likeness (QED) is 0.268. The molecule has 0 spiro atoms. The normalized spacial score (nSPS) is 11.3. The lowest BCUT2D eigenvalue weighted by Gasteiger charge is -2.10. The van der Waals surface area contributed by atoms with Gasteiger partial charge in [-0.05, 0) is 59.4 Å². The fraction of sp³-hybridized carbons (Fsp3) is 0.345. The molecule has 0 saturated carbocycles. The SMILES string of the molecule is CCCCc1cn(-c2c(CC)ccn2CCC)c(=O)n1Cc1ccc(-c2ccccc2-c2nnn[nH]2)cn1. The van der Waals surface area contributed by atoms with Crippen LogP contribution in [0.3, 0.4) is 0 Å². The molecule has 0 atom stereocenters. The number of hydrogen-bond acceptors (Lipinski definition) is 5. The smallest absolute Gasteiger partial charge is 0.334 e. The van der Waals surface area contributed by atoms with Gasteiger partial charge in [0.05, 0.1) is 12.2 Å². The number of unbranched alkanes of at least 4 members (excludes halogenated alkanes) is 1. The van der Waals surface area contributed by atoms with Crippen molar-refractivity contribution in [2.24, 2.45) is 0 Å². The number of nitrogens with one attached hydrogen (secondary N) is 1. The molecule has 5 aromatic rings. The standard InChI is InChI=1S/C29H34N8O/c1-4-7-10-24-20-37(28-21(6-3)15-17-35(28)16-5-2)29(38)36(24)19-23-14-13-22(18-30-23)25-11-8-9-12-26(25)27-31-33-34-32-27/h8-9,11-15,17-18,20H,4-7,10,16,19H2,1-3H3,(H,31,32,33,34). The number of hydrogen-bond donors (Lipinski definition) is 1. The molecule has 0 aliphatic heterocycles. The molecular weight excluding hydrogens is 476 g/mol. The van der Waals surface area contributed by atoms with Crippen LogP contribution in [0.1, 0.15) is 57.0 Å². The fourth-order valence-electron chi connectivity index (χ4n) is 4.96. The number of aromatic amines is 1. The van der Waals surface area contributed by atoms with Gasteiger partial charge in [-0.15, -0.1) is 5.10 Å². The van der Waals surface area contributed by atoms with E-state index in [4.69, 9.17) is 4.98 Å². The molecule has 0 radical (unpaired) electrons. The van der Waals surface area contributed by atoms with E-state index in [2.05, 4.69) is 58.2 Å². The lowest BCUT2D eigenvalue weighted by Crippen LogP contribution is -2.26. The second-order valence-corrected chi connectivity index (χ2v) is 9.51. The van der Waals surface area contributed by atoms with Crippen LogP contribution in [-0.4, -0.2) is 39.3 Å². The van der Waals surface area contributed by atoms with E-state index in [1.807, 2.05) is 57.9 Å². The first-order chi connectivity index (χ1) is 18.6. The number of H-pyrrole nitrogens is 1. The van der Waals surface area contributed by atoms with E-state index >= 15 is 0 Å². The summed E-state index contributed by atoms with van der Waals surface area (Å²) in [6.07, 6.45) is 10.8. The molecule has 0 bridgehead atoms. The molecule has 1 N–H and O–H groups in total. The van der Waals surface area contributed by atoms with Crippen molar-refractivity contribution in [2.45, 2.75) is 66.0 Å². The van der Waals surface area contributed by atoms with Crippen LogP contribution in [0.25, 0.3) is 28.3 Å². The van der Waals surface area contributed by atoms with Gasteiger partial charge in [0, 0.05) is 42.0 Å². The molecule has 9 heteroatoms. The van der Waals surface area contributed by atoms with Crippen LogP contribution >= 0.6 is 0 Å². The lowest BCUT2D eigenvalue weighted by molar-refractivity contribution is 0.639. The van der Waals surface area contributed by atoms with Gasteiger partial charge in [-0.1, -0.05) is 57.5 Å². The van der Waals surface area contributed by atoms with Gasteiger partial charge >= 0.3 is 5.69 Å². The van der Waals surface area contributed by atoms with E-state index in [1.165, 1.54) is 5.56 Å². The molecule has 4 aromatic heterocycles. The maximum atomic E-state index is 13.8. The third kappa shape index (κ3) is 4.96. The van der Waals surface area contributed by atoms with Crippen LogP contribution in [0.15, 0.2) is 65.8 Å². The number of benzene rings is 1. The topological polar surface area (TPSA) is 99.2 Å². The van der Waals surface area contributed by atoms with Gasteiger partial charge in [-0.2, -0.15) is 0 Å². The third-order valence-electron chi connectivity index (χ3n) is 6.92. The summed E-state index contributed by atoms with van der Waals surface area (Å²) >= 11 is 0. The average molecular weight is 511 g/mol. The first-order valence-corrected chi connectivity index (χ1v) is 13.4. The zero-order valence-electron chi connectivity index (χ0n) is 22.3. The van der Waals surface area contributed by atoms with Crippen LogP contribution < -0.4 is 5.69 Å². The van der Waals surface area contributed by atoms with E-state index in [-0.39, 0.29) is 5.69 Å². The molecule has 9 nitrogen and oxygen atoms in total. The summed E-state index contributed by atoms with van der Waals surface area (Å²) in [5, 5.41) is 14.3. The van der Waals surface area contributed by atoms with E-state index < -0.39 is 0 Å². The van der Waals surface area contributed by atoms with E-state index in [0.29, 0.717) is 12.4 Å². The van der Waals surface area contributed by atoms with E-state index in [9.17, 15) is 4.79 Å². The zero-order valence-corrected chi connectivity index (χ0v) is 22.3. The van der Waals surface area contributed by atoms with Crippen molar-refractivity contribution in [2.75, 3.05) is 0 Å². The highest BCUT2D eigenvalue weighted by Crippen LogP contribution is 2.29. The van der Waals surface area contributed by atoms with E-state index in [0.717, 1.165) is 72.5 Å². The number of rotatable bonds is 11. The Labute approximate surface area is 222 Å². The Kier molecular flexibility index (Phi) is 7.62. The second kappa shape index (κ2) is 11.4. The van der Waals surface area contributed by atoms with Gasteiger partial charge in [0.15, 0.2) is 5.82 Å². The predicted octanol–water partition coefficient (Wildman–Crippen LogP) is 5.05. The molecule has 4 heterocycles. The van der Waals surface area contributed by atoms with Crippen LogP contribution in [0, 0.1) is 0 Å². The molecule has 38 heavy (non-hydrogen) atoms. The largest absolute Gasteiger partial charge is 0.334 e. The molecular formula is C29H34N8O. The summed E-state index contributed by atoms with van der Waals surface area (Å²) in [6.45, 7) is 7.78. The average Bonchev–Trinajstić information content (AvgIpc) is 3.69. The van der Waals surface area contributed by atoms with Crippen LogP contribution in [0.4, 0.5) is 0 Å². The summed E-state index contributed by atoms with van der Waals surface area (Å²) in [5.41, 5.74) is 5.90. The molecule has 0 fully saturated rings. The van der Waals surface area contributed by atoms with Crippen molar-refractivity contribution in [1.29, 1.82) is 0 Å². The molecule has 0 aliphatic rings. The molecule has 0 unspecified atom stereocenters. The Morgan fingerprint density at radius 2 is 1.82 bits per heavy atom. The Morgan fingerprint density at radius 1 is 0.974 bits per heavy atom.